The molecule has 1 aromatic rings. The van der Waals surface area contributed by atoms with Crippen LogP contribution >= 0.6 is 0 Å². The number of aliphatic imine (C=N–C) groups is 1. The Morgan fingerprint density at radius 1 is 0.969 bits per heavy atom. The molecular formula is C21H29F6N5. The summed E-state index contributed by atoms with van der Waals surface area (Å²) in [5, 5.41) is 6.13. The van der Waals surface area contributed by atoms with E-state index in [0.717, 1.165) is 25.7 Å². The van der Waals surface area contributed by atoms with E-state index >= 15 is 0 Å². The SMILES string of the molecule is CC1CN(C(=N[C@H]2CCCC[C@@H]2N)Nc2cc(C(F)(F)F)cc(C(F)(F)F)c2)CC(C)N1. The second kappa shape index (κ2) is 9.46. The lowest BCUT2D eigenvalue weighted by Crippen LogP contribution is -2.57. The maximum atomic E-state index is 13.3. The van der Waals surface area contributed by atoms with Crippen molar-refractivity contribution in [1.29, 1.82) is 0 Å². The third-order valence-corrected chi connectivity index (χ3v) is 5.77. The number of guanidine groups is 1. The summed E-state index contributed by atoms with van der Waals surface area (Å²) in [6, 6.07) is 1.16. The Kier molecular flexibility index (Phi) is 7.28. The summed E-state index contributed by atoms with van der Waals surface area (Å²) in [4.78, 5) is 6.57. The summed E-state index contributed by atoms with van der Waals surface area (Å²) in [6.45, 7) is 4.92. The van der Waals surface area contributed by atoms with Crippen molar-refractivity contribution < 1.29 is 26.3 Å². The first-order valence-corrected chi connectivity index (χ1v) is 10.7. The molecule has 5 nitrogen and oxygen atoms in total. The Bertz CT molecular complexity index is 780. The molecular weight excluding hydrogens is 436 g/mol. The normalized spacial score (nSPS) is 28.0. The van der Waals surface area contributed by atoms with Gasteiger partial charge in [0.15, 0.2) is 5.96 Å². The molecule has 4 atom stereocenters. The molecule has 2 unspecified atom stereocenters. The number of nitrogens with two attached hydrogens (primary N) is 1. The van der Waals surface area contributed by atoms with Crippen molar-refractivity contribution in [3.8, 4) is 0 Å². The zero-order valence-electron chi connectivity index (χ0n) is 18.0. The van der Waals surface area contributed by atoms with Gasteiger partial charge in [0.25, 0.3) is 0 Å². The molecule has 32 heavy (non-hydrogen) atoms. The lowest BCUT2D eigenvalue weighted by molar-refractivity contribution is -0.143. The van der Waals surface area contributed by atoms with Crippen molar-refractivity contribution in [3.05, 3.63) is 29.3 Å². The molecule has 1 aliphatic heterocycles. The summed E-state index contributed by atoms with van der Waals surface area (Å²) in [5.41, 5.74) is 3.15. The zero-order valence-corrected chi connectivity index (χ0v) is 18.0. The van der Waals surface area contributed by atoms with E-state index in [4.69, 9.17) is 10.7 Å². The molecule has 1 saturated heterocycles. The lowest BCUT2D eigenvalue weighted by Gasteiger charge is -2.39. The number of rotatable bonds is 2. The van der Waals surface area contributed by atoms with Crippen molar-refractivity contribution >= 4 is 11.6 Å². The van der Waals surface area contributed by atoms with E-state index in [0.29, 0.717) is 25.2 Å². The van der Waals surface area contributed by atoms with Gasteiger partial charge in [-0.05, 0) is 44.9 Å². The highest BCUT2D eigenvalue weighted by molar-refractivity contribution is 5.94. The third-order valence-electron chi connectivity index (χ3n) is 5.77. The minimum atomic E-state index is -4.92. The quantitative estimate of drug-likeness (QED) is 0.343. The van der Waals surface area contributed by atoms with Crippen LogP contribution in [0.1, 0.15) is 50.7 Å². The zero-order chi connectivity index (χ0) is 23.7. The van der Waals surface area contributed by atoms with Gasteiger partial charge in [-0.2, -0.15) is 26.3 Å². The second-order valence-electron chi connectivity index (χ2n) is 8.76. The Labute approximate surface area is 183 Å². The van der Waals surface area contributed by atoms with Gasteiger partial charge in [-0.15, -0.1) is 0 Å². The number of alkyl halides is 6. The summed E-state index contributed by atoms with van der Waals surface area (Å²) in [6.07, 6.45) is -6.44. The summed E-state index contributed by atoms with van der Waals surface area (Å²) in [7, 11) is 0. The molecule has 0 bridgehead atoms. The van der Waals surface area contributed by atoms with Crippen LogP contribution in [0.3, 0.4) is 0 Å². The topological polar surface area (TPSA) is 65.7 Å². The summed E-state index contributed by atoms with van der Waals surface area (Å²) < 4.78 is 79.8. The van der Waals surface area contributed by atoms with Gasteiger partial charge in [0.05, 0.1) is 17.2 Å². The molecule has 1 aliphatic carbocycles. The number of nitrogens with zero attached hydrogens (tertiary/aromatic N) is 2. The molecule has 1 heterocycles. The highest BCUT2D eigenvalue weighted by atomic mass is 19.4. The highest BCUT2D eigenvalue weighted by Crippen LogP contribution is 2.37. The van der Waals surface area contributed by atoms with Crippen molar-refractivity contribution in [2.24, 2.45) is 10.7 Å². The fourth-order valence-electron chi connectivity index (χ4n) is 4.31. The predicted molar refractivity (Wildman–Crippen MR) is 111 cm³/mol. The average Bonchev–Trinajstić information content (AvgIpc) is 2.67. The molecule has 1 saturated carbocycles. The minimum absolute atomic E-state index is 0.0676. The fraction of sp³-hybridized carbons (Fsp3) is 0.667. The first-order chi connectivity index (χ1) is 14.8. The Hall–Kier alpha value is -2.01. The van der Waals surface area contributed by atoms with Gasteiger partial charge >= 0.3 is 12.4 Å². The summed E-state index contributed by atoms with van der Waals surface area (Å²) >= 11 is 0. The Morgan fingerprint density at radius 3 is 2.00 bits per heavy atom. The number of hydrogen-bond acceptors (Lipinski definition) is 3. The van der Waals surface area contributed by atoms with Crippen molar-refractivity contribution in [3.63, 3.8) is 0 Å². The van der Waals surface area contributed by atoms with Gasteiger partial charge in [0.1, 0.15) is 0 Å². The predicted octanol–water partition coefficient (Wildman–Crippen LogP) is 4.44. The largest absolute Gasteiger partial charge is 0.416 e. The van der Waals surface area contributed by atoms with Crippen molar-refractivity contribution in [2.75, 3.05) is 18.4 Å². The molecule has 2 aliphatic rings. The monoisotopic (exact) mass is 465 g/mol. The van der Waals surface area contributed by atoms with Gasteiger partial charge in [-0.1, -0.05) is 12.8 Å². The number of anilines is 1. The smallest absolute Gasteiger partial charge is 0.340 e. The maximum absolute atomic E-state index is 13.3. The maximum Gasteiger partial charge on any atom is 0.416 e. The van der Waals surface area contributed by atoms with E-state index < -0.39 is 23.5 Å². The van der Waals surface area contributed by atoms with Crippen LogP contribution in [0.25, 0.3) is 0 Å². The molecule has 0 spiro atoms. The fourth-order valence-corrected chi connectivity index (χ4v) is 4.31. The molecule has 4 N–H and O–H groups in total. The van der Waals surface area contributed by atoms with Crippen LogP contribution in [0.2, 0.25) is 0 Å². The number of halogens is 6. The number of benzene rings is 1. The van der Waals surface area contributed by atoms with Crippen LogP contribution in [0.5, 0.6) is 0 Å². The molecule has 1 aromatic carbocycles. The van der Waals surface area contributed by atoms with Crippen LogP contribution in [-0.4, -0.2) is 48.1 Å². The molecule has 0 aromatic heterocycles. The van der Waals surface area contributed by atoms with E-state index in [-0.39, 0.29) is 41.9 Å². The number of hydrogen-bond donors (Lipinski definition) is 3. The van der Waals surface area contributed by atoms with Gasteiger partial charge in [-0.3, -0.25) is 0 Å². The van der Waals surface area contributed by atoms with Gasteiger partial charge in [0.2, 0.25) is 0 Å². The molecule has 11 heteroatoms. The molecule has 180 valence electrons. The first-order valence-electron chi connectivity index (χ1n) is 10.7. The van der Waals surface area contributed by atoms with Crippen LogP contribution in [0.15, 0.2) is 23.2 Å². The van der Waals surface area contributed by atoms with E-state index in [1.165, 1.54) is 0 Å². The third kappa shape index (κ3) is 6.28. The van der Waals surface area contributed by atoms with Crippen LogP contribution < -0.4 is 16.4 Å². The Balaban J connectivity index is 2.00. The molecule has 0 radical (unpaired) electrons. The first kappa shape index (κ1) is 24.6. The van der Waals surface area contributed by atoms with E-state index in [2.05, 4.69) is 10.6 Å². The van der Waals surface area contributed by atoms with E-state index in [1.807, 2.05) is 18.7 Å². The number of nitrogens with one attached hydrogen (secondary N) is 2. The highest BCUT2D eigenvalue weighted by Gasteiger charge is 2.37. The van der Waals surface area contributed by atoms with Crippen molar-refractivity contribution in [1.82, 2.24) is 10.2 Å². The molecule has 0 amide bonds. The minimum Gasteiger partial charge on any atom is -0.340 e. The molecule has 2 fully saturated rings. The van der Waals surface area contributed by atoms with E-state index in [9.17, 15) is 26.3 Å². The van der Waals surface area contributed by atoms with Crippen LogP contribution in [-0.2, 0) is 12.4 Å². The van der Waals surface area contributed by atoms with Gasteiger partial charge in [-0.25, -0.2) is 4.99 Å². The van der Waals surface area contributed by atoms with Crippen LogP contribution in [0.4, 0.5) is 32.0 Å². The molecule has 3 rings (SSSR count). The number of piperazine rings is 1. The van der Waals surface area contributed by atoms with Gasteiger partial charge < -0.3 is 21.3 Å². The van der Waals surface area contributed by atoms with Crippen molar-refractivity contribution in [2.45, 2.75) is 76.1 Å². The van der Waals surface area contributed by atoms with Gasteiger partial charge in [0, 0.05) is 36.9 Å². The Morgan fingerprint density at radius 2 is 1.50 bits per heavy atom. The standard InChI is InChI=1S/C21H29F6N5/c1-12-10-32(11-13(2)29-12)19(31-18-6-4-3-5-17(18)28)30-16-8-14(20(22,23)24)7-15(9-16)21(25,26)27/h7-9,12-13,17-18,29H,3-6,10-11,28H2,1-2H3,(H,30,31)/t12?,13?,17-,18-/m0/s1. The van der Waals surface area contributed by atoms with E-state index in [1.54, 1.807) is 0 Å². The second-order valence-corrected chi connectivity index (χ2v) is 8.76. The van der Waals surface area contributed by atoms with Crippen LogP contribution in [0, 0.1) is 0 Å². The summed E-state index contributed by atoms with van der Waals surface area (Å²) in [5.74, 6) is 0.250. The average molecular weight is 465 g/mol. The lowest BCUT2D eigenvalue weighted by atomic mass is 9.91.